The van der Waals surface area contributed by atoms with Crippen LogP contribution in [0.5, 0.6) is 0 Å². The molecule has 0 unspecified atom stereocenters. The van der Waals surface area contributed by atoms with Crippen molar-refractivity contribution in [2.75, 3.05) is 33.2 Å². The molecule has 1 fully saturated rings. The average Bonchev–Trinajstić information content (AvgIpc) is 2.64. The van der Waals surface area contributed by atoms with Gasteiger partial charge >= 0.3 is 0 Å². The molecule has 1 heterocycles. The Hall–Kier alpha value is -2.01. The number of rotatable bonds is 5. The van der Waals surface area contributed by atoms with Crippen molar-refractivity contribution < 1.29 is 4.39 Å². The molecule has 1 aliphatic heterocycles. The molecule has 5 heteroatoms. The van der Waals surface area contributed by atoms with Gasteiger partial charge in [-0.3, -0.25) is 9.89 Å². The quantitative estimate of drug-likeness (QED) is 0.704. The number of aliphatic imine (C=N–C) groups is 1. The van der Waals surface area contributed by atoms with E-state index in [2.05, 4.69) is 35.1 Å². The first kappa shape index (κ1) is 18.8. The first-order chi connectivity index (χ1) is 12.5. The number of hydrogen-bond acceptors (Lipinski definition) is 3. The average molecular weight is 372 g/mol. The second kappa shape index (κ2) is 8.12. The van der Waals surface area contributed by atoms with E-state index in [0.717, 1.165) is 48.4 Å². The summed E-state index contributed by atoms with van der Waals surface area (Å²) in [5.74, 6) is -0.180. The minimum absolute atomic E-state index is 0.180. The Morgan fingerprint density at radius 3 is 2.38 bits per heavy atom. The van der Waals surface area contributed by atoms with E-state index in [1.807, 2.05) is 30.3 Å². The second-order valence-corrected chi connectivity index (χ2v) is 7.14. The highest BCUT2D eigenvalue weighted by Gasteiger charge is 2.16. The van der Waals surface area contributed by atoms with E-state index < -0.39 is 0 Å². The van der Waals surface area contributed by atoms with Gasteiger partial charge in [-0.1, -0.05) is 42.4 Å². The third kappa shape index (κ3) is 4.21. The molecule has 2 aromatic rings. The highest BCUT2D eigenvalue weighted by atomic mass is 35.5. The smallest absolute Gasteiger partial charge is 0.128 e. The summed E-state index contributed by atoms with van der Waals surface area (Å²) in [6, 6.07) is 11.0. The van der Waals surface area contributed by atoms with Crippen molar-refractivity contribution in [3.8, 4) is 11.1 Å². The predicted octanol–water partition coefficient (Wildman–Crippen LogP) is 4.78. The number of likely N-dealkylation sites (N-methyl/N-ethyl adjacent to an activating group) is 1. The zero-order chi connectivity index (χ0) is 18.7. The van der Waals surface area contributed by atoms with Crippen LogP contribution in [-0.2, 0) is 6.54 Å². The lowest BCUT2D eigenvalue weighted by molar-refractivity contribution is 0.147. The molecule has 3 nitrogen and oxygen atoms in total. The normalized spacial score (nSPS) is 15.8. The highest BCUT2D eigenvalue weighted by Crippen LogP contribution is 2.33. The molecule has 0 saturated carbocycles. The fourth-order valence-corrected chi connectivity index (χ4v) is 3.33. The number of halogens is 2. The lowest BCUT2D eigenvalue weighted by atomic mass is 10.0. The summed E-state index contributed by atoms with van der Waals surface area (Å²) in [6.07, 6.45) is 0. The molecule has 26 heavy (non-hydrogen) atoms. The summed E-state index contributed by atoms with van der Waals surface area (Å²) in [5, 5.41) is 0.410. The molecule has 3 rings (SSSR count). The van der Waals surface area contributed by atoms with Gasteiger partial charge in [-0.2, -0.15) is 0 Å². The maximum absolute atomic E-state index is 14.6. The number of hydrogen-bond donors (Lipinski definition) is 0. The molecule has 0 amide bonds. The SMILES string of the molecule is C=Nc1cc(-c2ccc(CN3CCN(C)CC3)c(F)c2)ccc1C(=C)Cl. The molecule has 2 aromatic carbocycles. The standard InChI is InChI=1S/C21H23ClFN3/c1-15(22)19-7-6-17(13-21(19)24-2)16-4-5-18(20(23)12-16)14-26-10-8-25(3)9-11-26/h4-7,12-13H,1-2,8-11,14H2,3H3. The molecular weight excluding hydrogens is 349 g/mol. The van der Waals surface area contributed by atoms with Gasteiger partial charge in [0, 0.05) is 48.9 Å². The van der Waals surface area contributed by atoms with E-state index in [9.17, 15) is 4.39 Å². The minimum Gasteiger partial charge on any atom is -0.304 e. The zero-order valence-corrected chi connectivity index (χ0v) is 15.8. The largest absolute Gasteiger partial charge is 0.304 e. The van der Waals surface area contributed by atoms with Crippen LogP contribution in [0.1, 0.15) is 11.1 Å². The van der Waals surface area contributed by atoms with Crippen molar-refractivity contribution in [3.63, 3.8) is 0 Å². The van der Waals surface area contributed by atoms with Gasteiger partial charge in [0.2, 0.25) is 0 Å². The fourth-order valence-electron chi connectivity index (χ4n) is 3.17. The van der Waals surface area contributed by atoms with Crippen LogP contribution in [0.2, 0.25) is 0 Å². The van der Waals surface area contributed by atoms with E-state index >= 15 is 0 Å². The van der Waals surface area contributed by atoms with Crippen molar-refractivity contribution in [1.29, 1.82) is 0 Å². The van der Waals surface area contributed by atoms with Gasteiger partial charge in [0.1, 0.15) is 5.82 Å². The van der Waals surface area contributed by atoms with E-state index in [4.69, 9.17) is 11.6 Å². The molecular formula is C21H23ClFN3. The summed E-state index contributed by atoms with van der Waals surface area (Å²) >= 11 is 5.98. The highest BCUT2D eigenvalue weighted by molar-refractivity contribution is 6.48. The summed E-state index contributed by atoms with van der Waals surface area (Å²) in [4.78, 5) is 8.58. The van der Waals surface area contributed by atoms with Crippen LogP contribution >= 0.6 is 11.6 Å². The molecule has 0 N–H and O–H groups in total. The molecule has 1 saturated heterocycles. The Labute approximate surface area is 159 Å². The van der Waals surface area contributed by atoms with Crippen LogP contribution in [0, 0.1) is 5.82 Å². The van der Waals surface area contributed by atoms with E-state index in [1.165, 1.54) is 0 Å². The lowest BCUT2D eigenvalue weighted by Crippen LogP contribution is -2.44. The van der Waals surface area contributed by atoms with Crippen LogP contribution in [0.3, 0.4) is 0 Å². The van der Waals surface area contributed by atoms with Gasteiger partial charge in [0.25, 0.3) is 0 Å². The van der Waals surface area contributed by atoms with E-state index in [0.29, 0.717) is 17.3 Å². The molecule has 1 aliphatic rings. The third-order valence-electron chi connectivity index (χ3n) is 4.84. The van der Waals surface area contributed by atoms with Crippen molar-refractivity contribution >= 4 is 29.0 Å². The Morgan fingerprint density at radius 1 is 1.12 bits per heavy atom. The van der Waals surface area contributed by atoms with Gasteiger partial charge in [0.15, 0.2) is 0 Å². The summed E-state index contributed by atoms with van der Waals surface area (Å²) in [5.41, 5.74) is 3.79. The molecule has 0 radical (unpaired) electrons. The predicted molar refractivity (Wildman–Crippen MR) is 109 cm³/mol. The summed E-state index contributed by atoms with van der Waals surface area (Å²) < 4.78 is 14.6. The summed E-state index contributed by atoms with van der Waals surface area (Å²) in [6.45, 7) is 11.9. The van der Waals surface area contributed by atoms with Gasteiger partial charge in [0.05, 0.1) is 5.69 Å². The van der Waals surface area contributed by atoms with Crippen molar-refractivity contribution in [1.82, 2.24) is 9.80 Å². The Bertz CT molecular complexity index is 826. The van der Waals surface area contributed by atoms with E-state index in [-0.39, 0.29) is 5.82 Å². The monoisotopic (exact) mass is 371 g/mol. The maximum Gasteiger partial charge on any atom is 0.128 e. The lowest BCUT2D eigenvalue weighted by Gasteiger charge is -2.32. The topological polar surface area (TPSA) is 18.8 Å². The second-order valence-electron chi connectivity index (χ2n) is 6.68. The van der Waals surface area contributed by atoms with Gasteiger partial charge in [-0.05, 0) is 37.0 Å². The van der Waals surface area contributed by atoms with E-state index in [1.54, 1.807) is 6.07 Å². The Balaban J connectivity index is 1.81. The first-order valence-electron chi connectivity index (χ1n) is 8.63. The van der Waals surface area contributed by atoms with Crippen molar-refractivity contribution in [2.45, 2.75) is 6.54 Å². The fraction of sp³-hybridized carbons (Fsp3) is 0.286. The van der Waals surface area contributed by atoms with Crippen LogP contribution in [0.25, 0.3) is 16.2 Å². The summed E-state index contributed by atoms with van der Waals surface area (Å²) in [7, 11) is 2.11. The Kier molecular flexibility index (Phi) is 5.87. The maximum atomic E-state index is 14.6. The molecule has 136 valence electrons. The van der Waals surface area contributed by atoms with Crippen molar-refractivity contribution in [3.05, 3.63) is 59.9 Å². The third-order valence-corrected chi connectivity index (χ3v) is 5.04. The van der Waals surface area contributed by atoms with Gasteiger partial charge in [-0.25, -0.2) is 4.39 Å². The van der Waals surface area contributed by atoms with Crippen LogP contribution in [-0.4, -0.2) is 49.7 Å². The number of nitrogens with zero attached hydrogens (tertiary/aromatic N) is 3. The van der Waals surface area contributed by atoms with Crippen LogP contribution in [0.15, 0.2) is 48.0 Å². The molecule has 0 aliphatic carbocycles. The number of benzene rings is 2. The minimum atomic E-state index is -0.180. The molecule has 0 spiro atoms. The molecule has 0 atom stereocenters. The number of piperazine rings is 1. The molecule has 0 aromatic heterocycles. The van der Waals surface area contributed by atoms with Crippen LogP contribution < -0.4 is 0 Å². The van der Waals surface area contributed by atoms with Gasteiger partial charge in [-0.15, -0.1) is 0 Å². The van der Waals surface area contributed by atoms with Crippen LogP contribution in [0.4, 0.5) is 10.1 Å². The zero-order valence-electron chi connectivity index (χ0n) is 15.0. The molecule has 0 bridgehead atoms. The van der Waals surface area contributed by atoms with Crippen molar-refractivity contribution in [2.24, 2.45) is 4.99 Å². The van der Waals surface area contributed by atoms with Gasteiger partial charge < -0.3 is 4.90 Å². The Morgan fingerprint density at radius 2 is 1.77 bits per heavy atom. The first-order valence-corrected chi connectivity index (χ1v) is 9.01.